The summed E-state index contributed by atoms with van der Waals surface area (Å²) in [5.74, 6) is 0.556. The minimum absolute atomic E-state index is 0.0505. The fourth-order valence-corrected chi connectivity index (χ4v) is 3.43. The highest BCUT2D eigenvalue weighted by Crippen LogP contribution is 2.21. The molecular weight excluding hydrogens is 374 g/mol. The van der Waals surface area contributed by atoms with E-state index in [1.165, 1.54) is 0 Å². The molecular formula is C22H26ClN3O2. The SMILES string of the molecule is Cc1ccc(Cl)cc1NC(=O)CNc1cccc(C(=O)N2CCC(C)CC2)c1. The maximum atomic E-state index is 12.7. The lowest BCUT2D eigenvalue weighted by Crippen LogP contribution is -2.37. The second kappa shape index (κ2) is 9.11. The van der Waals surface area contributed by atoms with Gasteiger partial charge in [0.05, 0.1) is 6.54 Å². The number of nitrogens with zero attached hydrogens (tertiary/aromatic N) is 1. The highest BCUT2D eigenvalue weighted by Gasteiger charge is 2.21. The molecule has 0 aromatic heterocycles. The third kappa shape index (κ3) is 5.26. The molecule has 2 N–H and O–H groups in total. The average molecular weight is 400 g/mol. The molecule has 1 fully saturated rings. The van der Waals surface area contributed by atoms with Gasteiger partial charge in [-0.1, -0.05) is 30.7 Å². The van der Waals surface area contributed by atoms with Crippen molar-refractivity contribution in [2.45, 2.75) is 26.7 Å². The second-order valence-electron chi connectivity index (χ2n) is 7.42. The molecule has 28 heavy (non-hydrogen) atoms. The summed E-state index contributed by atoms with van der Waals surface area (Å²) in [6.07, 6.45) is 2.10. The number of amides is 2. The van der Waals surface area contributed by atoms with Crippen LogP contribution in [0.1, 0.15) is 35.7 Å². The summed E-state index contributed by atoms with van der Waals surface area (Å²) in [4.78, 5) is 26.9. The molecule has 0 saturated carbocycles. The van der Waals surface area contributed by atoms with Crippen LogP contribution >= 0.6 is 11.6 Å². The van der Waals surface area contributed by atoms with Gasteiger partial charge < -0.3 is 15.5 Å². The first-order chi connectivity index (χ1) is 13.4. The zero-order chi connectivity index (χ0) is 20.1. The molecule has 0 aliphatic carbocycles. The predicted molar refractivity (Wildman–Crippen MR) is 114 cm³/mol. The first kappa shape index (κ1) is 20.2. The number of likely N-dealkylation sites (tertiary alicyclic amines) is 1. The topological polar surface area (TPSA) is 61.4 Å². The van der Waals surface area contributed by atoms with E-state index in [9.17, 15) is 9.59 Å². The summed E-state index contributed by atoms with van der Waals surface area (Å²) in [7, 11) is 0. The maximum Gasteiger partial charge on any atom is 0.253 e. The van der Waals surface area contributed by atoms with Gasteiger partial charge in [-0.15, -0.1) is 0 Å². The Labute approximate surface area is 171 Å². The molecule has 3 rings (SSSR count). The van der Waals surface area contributed by atoms with Gasteiger partial charge in [-0.25, -0.2) is 0 Å². The summed E-state index contributed by atoms with van der Waals surface area (Å²) < 4.78 is 0. The molecule has 1 heterocycles. The Kier molecular flexibility index (Phi) is 6.57. The van der Waals surface area contributed by atoms with E-state index in [0.717, 1.165) is 37.2 Å². The summed E-state index contributed by atoms with van der Waals surface area (Å²) in [5.41, 5.74) is 3.03. The molecule has 6 heteroatoms. The van der Waals surface area contributed by atoms with Crippen LogP contribution in [0.5, 0.6) is 0 Å². The van der Waals surface area contributed by atoms with Crippen molar-refractivity contribution >= 4 is 34.8 Å². The van der Waals surface area contributed by atoms with Crippen molar-refractivity contribution in [2.24, 2.45) is 5.92 Å². The minimum Gasteiger partial charge on any atom is -0.376 e. The Morgan fingerprint density at radius 1 is 1.14 bits per heavy atom. The summed E-state index contributed by atoms with van der Waals surface area (Å²) in [6.45, 7) is 5.85. The van der Waals surface area contributed by atoms with Gasteiger partial charge in [0.15, 0.2) is 0 Å². The Balaban J connectivity index is 1.57. The van der Waals surface area contributed by atoms with Crippen molar-refractivity contribution in [1.82, 2.24) is 4.90 Å². The Morgan fingerprint density at radius 2 is 1.89 bits per heavy atom. The van der Waals surface area contributed by atoms with E-state index >= 15 is 0 Å². The maximum absolute atomic E-state index is 12.7. The number of rotatable bonds is 5. The molecule has 1 aliphatic rings. The molecule has 0 radical (unpaired) electrons. The molecule has 0 atom stereocenters. The van der Waals surface area contributed by atoms with Crippen LogP contribution in [0.4, 0.5) is 11.4 Å². The van der Waals surface area contributed by atoms with E-state index in [0.29, 0.717) is 22.2 Å². The number of carbonyl (C=O) groups excluding carboxylic acids is 2. The lowest BCUT2D eigenvalue weighted by atomic mass is 9.98. The lowest BCUT2D eigenvalue weighted by molar-refractivity contribution is -0.114. The third-order valence-corrected chi connectivity index (χ3v) is 5.34. The summed E-state index contributed by atoms with van der Waals surface area (Å²) in [5, 5.41) is 6.52. The predicted octanol–water partition coefficient (Wildman–Crippen LogP) is 4.57. The zero-order valence-corrected chi connectivity index (χ0v) is 17.1. The molecule has 2 aromatic carbocycles. The van der Waals surface area contributed by atoms with Crippen molar-refractivity contribution in [3.8, 4) is 0 Å². The average Bonchev–Trinajstić information content (AvgIpc) is 2.69. The van der Waals surface area contributed by atoms with Crippen LogP contribution in [-0.2, 0) is 4.79 Å². The molecule has 148 valence electrons. The van der Waals surface area contributed by atoms with Crippen LogP contribution in [0.25, 0.3) is 0 Å². The summed E-state index contributed by atoms with van der Waals surface area (Å²) in [6, 6.07) is 12.7. The largest absolute Gasteiger partial charge is 0.376 e. The molecule has 0 spiro atoms. The van der Waals surface area contributed by atoms with Crippen LogP contribution < -0.4 is 10.6 Å². The molecule has 2 aromatic rings. The number of hydrogen-bond acceptors (Lipinski definition) is 3. The fraction of sp³-hybridized carbons (Fsp3) is 0.364. The van der Waals surface area contributed by atoms with Gasteiger partial charge in [0.1, 0.15) is 0 Å². The fourth-order valence-electron chi connectivity index (χ4n) is 3.26. The Bertz CT molecular complexity index is 861. The molecule has 2 amide bonds. The van der Waals surface area contributed by atoms with Gasteiger partial charge in [-0.05, 0) is 61.6 Å². The van der Waals surface area contributed by atoms with E-state index in [1.54, 1.807) is 18.2 Å². The smallest absolute Gasteiger partial charge is 0.253 e. The monoisotopic (exact) mass is 399 g/mol. The molecule has 0 unspecified atom stereocenters. The normalized spacial score (nSPS) is 14.6. The van der Waals surface area contributed by atoms with E-state index in [-0.39, 0.29) is 18.4 Å². The van der Waals surface area contributed by atoms with Gasteiger partial charge in [0.2, 0.25) is 5.91 Å². The minimum atomic E-state index is -0.174. The van der Waals surface area contributed by atoms with Gasteiger partial charge in [0.25, 0.3) is 5.91 Å². The second-order valence-corrected chi connectivity index (χ2v) is 7.85. The van der Waals surface area contributed by atoms with Crippen molar-refractivity contribution in [3.05, 3.63) is 58.6 Å². The van der Waals surface area contributed by atoms with Gasteiger partial charge >= 0.3 is 0 Å². The Hall–Kier alpha value is -2.53. The number of halogens is 1. The quantitative estimate of drug-likeness (QED) is 0.774. The number of nitrogens with one attached hydrogen (secondary N) is 2. The van der Waals surface area contributed by atoms with Crippen molar-refractivity contribution in [3.63, 3.8) is 0 Å². The van der Waals surface area contributed by atoms with E-state index < -0.39 is 0 Å². The number of benzene rings is 2. The van der Waals surface area contributed by atoms with Crippen LogP contribution in [0.2, 0.25) is 5.02 Å². The van der Waals surface area contributed by atoms with Gasteiger partial charge in [-0.2, -0.15) is 0 Å². The third-order valence-electron chi connectivity index (χ3n) is 5.11. The van der Waals surface area contributed by atoms with Crippen molar-refractivity contribution < 1.29 is 9.59 Å². The van der Waals surface area contributed by atoms with Crippen molar-refractivity contribution in [2.75, 3.05) is 30.3 Å². The van der Waals surface area contributed by atoms with Crippen molar-refractivity contribution in [1.29, 1.82) is 0 Å². The number of hydrogen-bond donors (Lipinski definition) is 2. The van der Waals surface area contributed by atoms with E-state index in [2.05, 4.69) is 17.6 Å². The van der Waals surface area contributed by atoms with Crippen LogP contribution in [-0.4, -0.2) is 36.3 Å². The number of aryl methyl sites for hydroxylation is 1. The number of piperidine rings is 1. The molecule has 0 bridgehead atoms. The number of anilines is 2. The summed E-state index contributed by atoms with van der Waals surface area (Å²) >= 11 is 5.99. The lowest BCUT2D eigenvalue weighted by Gasteiger charge is -2.30. The number of carbonyl (C=O) groups is 2. The van der Waals surface area contributed by atoms with Gasteiger partial charge in [-0.3, -0.25) is 9.59 Å². The zero-order valence-electron chi connectivity index (χ0n) is 16.3. The van der Waals surface area contributed by atoms with Crippen LogP contribution in [0.15, 0.2) is 42.5 Å². The highest BCUT2D eigenvalue weighted by molar-refractivity contribution is 6.31. The molecule has 5 nitrogen and oxygen atoms in total. The van der Waals surface area contributed by atoms with E-state index in [1.807, 2.05) is 36.1 Å². The van der Waals surface area contributed by atoms with Gasteiger partial charge in [0, 0.05) is 35.1 Å². The highest BCUT2D eigenvalue weighted by atomic mass is 35.5. The van der Waals surface area contributed by atoms with Crippen LogP contribution in [0.3, 0.4) is 0 Å². The standard InChI is InChI=1S/C22H26ClN3O2/c1-15-8-10-26(11-9-15)22(28)17-4-3-5-19(12-17)24-14-21(27)25-20-13-18(23)7-6-16(20)2/h3-7,12-13,15,24H,8-11,14H2,1-2H3,(H,25,27). The first-order valence-electron chi connectivity index (χ1n) is 9.61. The van der Waals surface area contributed by atoms with E-state index in [4.69, 9.17) is 11.6 Å². The Morgan fingerprint density at radius 3 is 2.64 bits per heavy atom. The van der Waals surface area contributed by atoms with Crippen LogP contribution in [0, 0.1) is 12.8 Å². The molecule has 1 saturated heterocycles. The molecule has 1 aliphatic heterocycles. The first-order valence-corrected chi connectivity index (χ1v) is 9.99.